The summed E-state index contributed by atoms with van der Waals surface area (Å²) in [6.07, 6.45) is 4.11. The van der Waals surface area contributed by atoms with Crippen LogP contribution in [0.5, 0.6) is 5.75 Å². The predicted octanol–water partition coefficient (Wildman–Crippen LogP) is 5.09. The van der Waals surface area contributed by atoms with Gasteiger partial charge in [-0.15, -0.1) is 0 Å². The van der Waals surface area contributed by atoms with E-state index in [1.165, 1.54) is 5.56 Å². The average Bonchev–Trinajstić information content (AvgIpc) is 3.35. The van der Waals surface area contributed by atoms with Gasteiger partial charge in [-0.1, -0.05) is 29.8 Å². The first-order chi connectivity index (χ1) is 15.0. The Morgan fingerprint density at radius 3 is 2.45 bits per heavy atom. The van der Waals surface area contributed by atoms with Gasteiger partial charge in [-0.25, -0.2) is 4.68 Å². The molecular weight excluding hydrogens is 410 g/mol. The van der Waals surface area contributed by atoms with E-state index in [2.05, 4.69) is 29.7 Å². The number of aryl methyl sites for hydroxylation is 2. The zero-order chi connectivity index (χ0) is 22.0. The summed E-state index contributed by atoms with van der Waals surface area (Å²) in [4.78, 5) is 0. The van der Waals surface area contributed by atoms with E-state index < -0.39 is 0 Å². The minimum absolute atomic E-state index is 0.150. The monoisotopic (exact) mass is 435 g/mol. The van der Waals surface area contributed by atoms with Gasteiger partial charge in [0, 0.05) is 48.7 Å². The molecule has 0 aliphatic heterocycles. The number of hydrogen-bond acceptors (Lipinski definition) is 4. The summed E-state index contributed by atoms with van der Waals surface area (Å²) < 4.78 is 9.00. The smallest absolute Gasteiger partial charge is 0.119 e. The van der Waals surface area contributed by atoms with E-state index in [9.17, 15) is 0 Å². The van der Waals surface area contributed by atoms with Gasteiger partial charge in [-0.3, -0.25) is 4.68 Å². The normalized spacial score (nSPS) is 12.2. The van der Waals surface area contributed by atoms with E-state index in [-0.39, 0.29) is 6.04 Å². The minimum Gasteiger partial charge on any atom is -0.497 e. The molecule has 7 heteroatoms. The third-order valence-electron chi connectivity index (χ3n) is 5.37. The quantitative estimate of drug-likeness (QED) is 0.439. The zero-order valence-electron chi connectivity index (χ0n) is 18.1. The van der Waals surface area contributed by atoms with Crippen LogP contribution in [0.15, 0.2) is 60.9 Å². The van der Waals surface area contributed by atoms with E-state index in [1.54, 1.807) is 7.11 Å². The summed E-state index contributed by atoms with van der Waals surface area (Å²) in [7, 11) is 3.60. The number of benzene rings is 2. The molecule has 1 atom stereocenters. The lowest BCUT2D eigenvalue weighted by atomic mass is 10.1. The van der Waals surface area contributed by atoms with Crippen LogP contribution < -0.4 is 10.1 Å². The highest BCUT2D eigenvalue weighted by molar-refractivity contribution is 6.33. The van der Waals surface area contributed by atoms with E-state index in [0.717, 1.165) is 34.0 Å². The maximum Gasteiger partial charge on any atom is 0.119 e. The lowest BCUT2D eigenvalue weighted by Crippen LogP contribution is -2.18. The Hall–Kier alpha value is -3.09. The fourth-order valence-electron chi connectivity index (χ4n) is 3.70. The molecule has 4 rings (SSSR count). The molecule has 0 amide bonds. The number of rotatable bonds is 7. The van der Waals surface area contributed by atoms with Gasteiger partial charge >= 0.3 is 0 Å². The van der Waals surface area contributed by atoms with Gasteiger partial charge in [0.05, 0.1) is 29.2 Å². The Labute approximate surface area is 187 Å². The van der Waals surface area contributed by atoms with Crippen molar-refractivity contribution in [3.63, 3.8) is 0 Å². The standard InChI is InChI=1S/C24H26ClN5O/c1-16(22-15-29(3)27-17(22)2)26-13-18-14-30(19-9-11-20(31-4)12-10-19)28-24(18)21-7-5-6-8-23(21)25/h5-12,14-16,26H,13H2,1-4H3/t16-/m1/s1. The Bertz CT molecular complexity index is 1180. The molecule has 0 aliphatic carbocycles. The van der Waals surface area contributed by atoms with Gasteiger partial charge in [0.1, 0.15) is 5.75 Å². The molecule has 6 nitrogen and oxygen atoms in total. The van der Waals surface area contributed by atoms with Gasteiger partial charge in [-0.05, 0) is 44.2 Å². The van der Waals surface area contributed by atoms with Crippen LogP contribution in [0.4, 0.5) is 0 Å². The molecule has 0 fully saturated rings. The lowest BCUT2D eigenvalue weighted by molar-refractivity contribution is 0.414. The number of nitrogens with zero attached hydrogens (tertiary/aromatic N) is 4. The molecular formula is C24H26ClN5O. The maximum atomic E-state index is 6.51. The summed E-state index contributed by atoms with van der Waals surface area (Å²) in [6, 6.07) is 15.8. The Kier molecular flexibility index (Phi) is 6.11. The summed E-state index contributed by atoms with van der Waals surface area (Å²) in [5.41, 5.74) is 6.02. The van der Waals surface area contributed by atoms with Crippen LogP contribution >= 0.6 is 11.6 Å². The largest absolute Gasteiger partial charge is 0.497 e. The molecule has 160 valence electrons. The van der Waals surface area contributed by atoms with Gasteiger partial charge in [0.15, 0.2) is 0 Å². The fourth-order valence-corrected chi connectivity index (χ4v) is 3.93. The van der Waals surface area contributed by atoms with Crippen LogP contribution in [-0.2, 0) is 13.6 Å². The number of ether oxygens (including phenoxy) is 1. The van der Waals surface area contributed by atoms with Crippen LogP contribution in [-0.4, -0.2) is 26.7 Å². The lowest BCUT2D eigenvalue weighted by Gasteiger charge is -2.13. The summed E-state index contributed by atoms with van der Waals surface area (Å²) >= 11 is 6.51. The van der Waals surface area contributed by atoms with E-state index in [1.807, 2.05) is 71.9 Å². The van der Waals surface area contributed by atoms with Crippen molar-refractivity contribution in [2.24, 2.45) is 7.05 Å². The van der Waals surface area contributed by atoms with Crippen molar-refractivity contribution in [1.29, 1.82) is 0 Å². The van der Waals surface area contributed by atoms with Crippen molar-refractivity contribution in [3.05, 3.63) is 82.8 Å². The highest BCUT2D eigenvalue weighted by Gasteiger charge is 2.17. The summed E-state index contributed by atoms with van der Waals surface area (Å²) in [6.45, 7) is 4.82. The molecule has 2 heterocycles. The SMILES string of the molecule is COc1ccc(-n2cc(CN[C@H](C)c3cn(C)nc3C)c(-c3ccccc3Cl)n2)cc1. The second-order valence-electron chi connectivity index (χ2n) is 7.57. The molecule has 0 unspecified atom stereocenters. The molecule has 0 radical (unpaired) electrons. The average molecular weight is 436 g/mol. The van der Waals surface area contributed by atoms with Crippen LogP contribution in [0, 0.1) is 6.92 Å². The number of hydrogen-bond donors (Lipinski definition) is 1. The highest BCUT2D eigenvalue weighted by atomic mass is 35.5. The summed E-state index contributed by atoms with van der Waals surface area (Å²) in [5.74, 6) is 0.810. The van der Waals surface area contributed by atoms with Crippen LogP contribution in [0.1, 0.15) is 29.8 Å². The van der Waals surface area contributed by atoms with Crippen molar-refractivity contribution in [3.8, 4) is 22.7 Å². The molecule has 0 saturated carbocycles. The molecule has 1 N–H and O–H groups in total. The second kappa shape index (κ2) is 8.96. The highest BCUT2D eigenvalue weighted by Crippen LogP contribution is 2.30. The van der Waals surface area contributed by atoms with Crippen molar-refractivity contribution in [2.75, 3.05) is 7.11 Å². The molecule has 31 heavy (non-hydrogen) atoms. The molecule has 4 aromatic rings. The van der Waals surface area contributed by atoms with Gasteiger partial charge in [0.25, 0.3) is 0 Å². The van der Waals surface area contributed by atoms with Crippen LogP contribution in [0.2, 0.25) is 5.02 Å². The Balaban J connectivity index is 1.67. The molecule has 0 aliphatic rings. The van der Waals surface area contributed by atoms with E-state index in [0.29, 0.717) is 11.6 Å². The zero-order valence-corrected chi connectivity index (χ0v) is 18.9. The number of halogens is 1. The minimum atomic E-state index is 0.150. The summed E-state index contributed by atoms with van der Waals surface area (Å²) in [5, 5.41) is 13.6. The van der Waals surface area contributed by atoms with Crippen molar-refractivity contribution in [2.45, 2.75) is 26.4 Å². The third kappa shape index (κ3) is 4.50. The van der Waals surface area contributed by atoms with Gasteiger partial charge < -0.3 is 10.1 Å². The Morgan fingerprint density at radius 2 is 1.81 bits per heavy atom. The molecule has 0 spiro atoms. The third-order valence-corrected chi connectivity index (χ3v) is 5.70. The van der Waals surface area contributed by atoms with Crippen molar-refractivity contribution < 1.29 is 4.74 Å². The molecule has 2 aromatic carbocycles. The molecule has 0 bridgehead atoms. The first kappa shape index (κ1) is 21.2. The number of methoxy groups -OCH3 is 1. The van der Waals surface area contributed by atoms with Crippen LogP contribution in [0.25, 0.3) is 16.9 Å². The van der Waals surface area contributed by atoms with E-state index in [4.69, 9.17) is 21.4 Å². The Morgan fingerprint density at radius 1 is 1.06 bits per heavy atom. The maximum absolute atomic E-state index is 6.51. The molecule has 2 aromatic heterocycles. The number of aromatic nitrogens is 4. The first-order valence-corrected chi connectivity index (χ1v) is 10.6. The topological polar surface area (TPSA) is 56.9 Å². The van der Waals surface area contributed by atoms with Crippen LogP contribution in [0.3, 0.4) is 0 Å². The number of nitrogens with one attached hydrogen (secondary N) is 1. The van der Waals surface area contributed by atoms with Crippen molar-refractivity contribution >= 4 is 11.6 Å². The molecule has 0 saturated heterocycles. The predicted molar refractivity (Wildman–Crippen MR) is 124 cm³/mol. The first-order valence-electron chi connectivity index (χ1n) is 10.2. The van der Waals surface area contributed by atoms with E-state index >= 15 is 0 Å². The van der Waals surface area contributed by atoms with Gasteiger partial charge in [-0.2, -0.15) is 10.2 Å². The van der Waals surface area contributed by atoms with Gasteiger partial charge in [0.2, 0.25) is 0 Å². The fraction of sp³-hybridized carbons (Fsp3) is 0.250. The van der Waals surface area contributed by atoms with Crippen molar-refractivity contribution in [1.82, 2.24) is 24.9 Å². The second-order valence-corrected chi connectivity index (χ2v) is 7.98.